The molecule has 0 radical (unpaired) electrons. The van der Waals surface area contributed by atoms with E-state index in [4.69, 9.17) is 28.4 Å². The second-order valence-corrected chi connectivity index (χ2v) is 9.22. The molecule has 1 aromatic carbocycles. The fourth-order valence-corrected chi connectivity index (χ4v) is 5.22. The number of methoxy groups -OCH3 is 1. The number of carbonyl (C=O) groups excluding carboxylic acids is 1. The van der Waals surface area contributed by atoms with Crippen LogP contribution < -0.4 is 4.74 Å². The zero-order chi connectivity index (χ0) is 25.8. The van der Waals surface area contributed by atoms with Crippen LogP contribution in [0.3, 0.4) is 0 Å². The van der Waals surface area contributed by atoms with E-state index in [0.29, 0.717) is 0 Å². The maximum absolute atomic E-state index is 12.7. The van der Waals surface area contributed by atoms with E-state index >= 15 is 0 Å². The van der Waals surface area contributed by atoms with Crippen molar-refractivity contribution in [2.24, 2.45) is 11.8 Å². The molecule has 4 aliphatic rings. The molecule has 1 aromatic rings. The lowest BCUT2D eigenvalue weighted by Gasteiger charge is -2.43. The van der Waals surface area contributed by atoms with Crippen LogP contribution in [0.25, 0.3) is 0 Å². The highest BCUT2D eigenvalue weighted by Crippen LogP contribution is 2.60. The normalized spacial score (nSPS) is 42.7. The van der Waals surface area contributed by atoms with E-state index in [1.807, 2.05) is 0 Å². The number of epoxide rings is 1. The van der Waals surface area contributed by atoms with Gasteiger partial charge in [-0.3, -0.25) is 0 Å². The molecule has 6 N–H and O–H groups in total. The van der Waals surface area contributed by atoms with Crippen molar-refractivity contribution in [1.82, 2.24) is 0 Å². The van der Waals surface area contributed by atoms with Crippen molar-refractivity contribution in [2.75, 3.05) is 20.3 Å². The van der Waals surface area contributed by atoms with E-state index in [1.165, 1.54) is 31.6 Å². The van der Waals surface area contributed by atoms with Crippen LogP contribution in [-0.4, -0.2) is 112 Å². The number of hydrogen-bond acceptors (Lipinski definition) is 13. The average Bonchev–Trinajstić information content (AvgIpc) is 3.57. The van der Waals surface area contributed by atoms with Gasteiger partial charge in [0, 0.05) is 5.92 Å². The standard InChI is InChI=1S/C23H28O13/c1-31-12-6-9(2-3-11(12)25)20(30)33-8-23-14-10(15(26)19(23)36-23)4-5-32-21(14)35-22-18(29)17(28)16(27)13(7-24)34-22/h2-6,10,13-19,21-22,24-29H,7-8H2,1H3/t10-,13-,14-,15+,16-,17+,18-,19+,21+,22+,23-/m1/s1. The lowest BCUT2D eigenvalue weighted by atomic mass is 9.85. The molecule has 0 aromatic heterocycles. The number of aromatic hydroxyl groups is 1. The van der Waals surface area contributed by atoms with E-state index in [2.05, 4.69) is 0 Å². The molecule has 0 spiro atoms. The van der Waals surface area contributed by atoms with Crippen LogP contribution in [0.15, 0.2) is 30.5 Å². The lowest BCUT2D eigenvalue weighted by Crippen LogP contribution is -2.60. The maximum atomic E-state index is 12.7. The van der Waals surface area contributed by atoms with Gasteiger partial charge in [-0.25, -0.2) is 4.79 Å². The first-order chi connectivity index (χ1) is 17.2. The number of benzene rings is 1. The first-order valence-electron chi connectivity index (χ1n) is 11.4. The summed E-state index contributed by atoms with van der Waals surface area (Å²) in [5.74, 6) is -1.96. The monoisotopic (exact) mass is 512 g/mol. The quantitative estimate of drug-likeness (QED) is 0.173. The van der Waals surface area contributed by atoms with Crippen LogP contribution >= 0.6 is 0 Å². The number of aliphatic hydroxyl groups is 5. The SMILES string of the molecule is COc1cc(C(=O)OC[C@]23O[C@H]2[C@@H](O)[C@@H]2C=CO[C@@H](O[C@@H]4O[C@H](CO)[C@@H](O)[C@H](O)[C@H]4O)[C@@H]23)ccc1O. The van der Waals surface area contributed by atoms with E-state index in [0.717, 1.165) is 0 Å². The van der Waals surface area contributed by atoms with Crippen LogP contribution in [-0.2, 0) is 23.7 Å². The van der Waals surface area contributed by atoms with Crippen molar-refractivity contribution in [2.45, 2.75) is 54.8 Å². The Morgan fingerprint density at radius 2 is 1.86 bits per heavy atom. The molecule has 0 unspecified atom stereocenters. The van der Waals surface area contributed by atoms with Crippen molar-refractivity contribution in [1.29, 1.82) is 0 Å². The molecular weight excluding hydrogens is 484 g/mol. The van der Waals surface area contributed by atoms with Crippen molar-refractivity contribution < 1.29 is 63.9 Å². The van der Waals surface area contributed by atoms with Crippen molar-refractivity contribution >= 4 is 5.97 Å². The zero-order valence-corrected chi connectivity index (χ0v) is 19.1. The van der Waals surface area contributed by atoms with Gasteiger partial charge >= 0.3 is 5.97 Å². The molecule has 36 heavy (non-hydrogen) atoms. The van der Waals surface area contributed by atoms with Crippen LogP contribution in [0, 0.1) is 11.8 Å². The van der Waals surface area contributed by atoms with E-state index in [1.54, 1.807) is 6.08 Å². The van der Waals surface area contributed by atoms with Gasteiger partial charge in [-0.1, -0.05) is 0 Å². The topological polar surface area (TPSA) is 197 Å². The first kappa shape index (κ1) is 25.2. The van der Waals surface area contributed by atoms with Gasteiger partial charge in [0.1, 0.15) is 42.7 Å². The number of hydrogen-bond donors (Lipinski definition) is 6. The van der Waals surface area contributed by atoms with Gasteiger partial charge in [0.05, 0.1) is 37.6 Å². The number of rotatable bonds is 7. The molecule has 3 aliphatic heterocycles. The summed E-state index contributed by atoms with van der Waals surface area (Å²) in [6, 6.07) is 3.99. The maximum Gasteiger partial charge on any atom is 0.338 e. The second kappa shape index (κ2) is 9.43. The molecule has 2 saturated heterocycles. The smallest absolute Gasteiger partial charge is 0.338 e. The molecule has 13 nitrogen and oxygen atoms in total. The number of phenolic OH excluding ortho intramolecular Hbond substituents is 1. The van der Waals surface area contributed by atoms with Crippen LogP contribution in [0.1, 0.15) is 10.4 Å². The highest BCUT2D eigenvalue weighted by molar-refractivity contribution is 5.90. The van der Waals surface area contributed by atoms with Gasteiger partial charge in [0.15, 0.2) is 17.8 Å². The minimum Gasteiger partial charge on any atom is -0.504 e. The minimum absolute atomic E-state index is 0.0957. The largest absolute Gasteiger partial charge is 0.504 e. The Morgan fingerprint density at radius 3 is 2.58 bits per heavy atom. The Kier molecular flexibility index (Phi) is 6.59. The summed E-state index contributed by atoms with van der Waals surface area (Å²) >= 11 is 0. The molecule has 0 bridgehead atoms. The molecule has 13 heteroatoms. The Balaban J connectivity index is 1.32. The predicted molar refractivity (Wildman–Crippen MR) is 114 cm³/mol. The summed E-state index contributed by atoms with van der Waals surface area (Å²) in [6.07, 6.45) is -7.35. The summed E-state index contributed by atoms with van der Waals surface area (Å²) in [5, 5.41) is 60.4. The van der Waals surface area contributed by atoms with Gasteiger partial charge in [0.2, 0.25) is 6.29 Å². The van der Waals surface area contributed by atoms with Crippen LogP contribution in [0.2, 0.25) is 0 Å². The van der Waals surface area contributed by atoms with Gasteiger partial charge in [-0.2, -0.15) is 0 Å². The first-order valence-corrected chi connectivity index (χ1v) is 11.4. The van der Waals surface area contributed by atoms with Gasteiger partial charge in [0.25, 0.3) is 0 Å². The summed E-state index contributed by atoms with van der Waals surface area (Å²) in [6.45, 7) is -0.891. The predicted octanol–water partition coefficient (Wildman–Crippen LogP) is -2.01. The third-order valence-electron chi connectivity index (χ3n) is 7.22. The average molecular weight is 512 g/mol. The molecule has 1 aliphatic carbocycles. The molecule has 198 valence electrons. The molecule has 1 saturated carbocycles. The van der Waals surface area contributed by atoms with Crippen molar-refractivity contribution in [3.8, 4) is 11.5 Å². The number of phenols is 1. The summed E-state index contributed by atoms with van der Waals surface area (Å²) in [7, 11) is 1.35. The zero-order valence-electron chi connectivity index (χ0n) is 19.1. The fourth-order valence-electron chi connectivity index (χ4n) is 5.22. The minimum atomic E-state index is -1.66. The molecule has 0 amide bonds. The number of carbonyl (C=O) groups is 1. The Bertz CT molecular complexity index is 1010. The summed E-state index contributed by atoms with van der Waals surface area (Å²) in [5.41, 5.74) is -1.04. The number of fused-ring (bicyclic) bond motifs is 3. The Labute approximate surface area is 205 Å². The highest BCUT2D eigenvalue weighted by Gasteiger charge is 2.76. The lowest BCUT2D eigenvalue weighted by molar-refractivity contribution is -0.344. The number of aliphatic hydroxyl groups excluding tert-OH is 5. The van der Waals surface area contributed by atoms with Crippen molar-refractivity contribution in [3.63, 3.8) is 0 Å². The van der Waals surface area contributed by atoms with Crippen LogP contribution in [0.5, 0.6) is 11.5 Å². The van der Waals surface area contributed by atoms with Gasteiger partial charge < -0.3 is 59.1 Å². The molecule has 3 heterocycles. The summed E-state index contributed by atoms with van der Waals surface area (Å²) in [4.78, 5) is 12.7. The van der Waals surface area contributed by atoms with Gasteiger partial charge in [-0.15, -0.1) is 0 Å². The Hall–Kier alpha value is -2.49. The molecule has 11 atom stereocenters. The Morgan fingerprint density at radius 1 is 1.08 bits per heavy atom. The number of esters is 1. The van der Waals surface area contributed by atoms with Crippen molar-refractivity contribution in [3.05, 3.63) is 36.1 Å². The van der Waals surface area contributed by atoms with E-state index < -0.39 is 79.2 Å². The highest BCUT2D eigenvalue weighted by atomic mass is 16.8. The third kappa shape index (κ3) is 4.01. The van der Waals surface area contributed by atoms with Gasteiger partial charge in [-0.05, 0) is 24.3 Å². The molecular formula is C23H28O13. The van der Waals surface area contributed by atoms with Crippen LogP contribution in [0.4, 0.5) is 0 Å². The van der Waals surface area contributed by atoms with E-state index in [-0.39, 0.29) is 23.7 Å². The fraction of sp³-hybridized carbons (Fsp3) is 0.609. The third-order valence-corrected chi connectivity index (χ3v) is 7.22. The molecule has 3 fully saturated rings. The van der Waals surface area contributed by atoms with E-state index in [9.17, 15) is 35.4 Å². The number of ether oxygens (including phenoxy) is 6. The summed E-state index contributed by atoms with van der Waals surface area (Å²) < 4.78 is 33.1. The molecule has 5 rings (SSSR count). The second-order valence-electron chi connectivity index (χ2n) is 9.22.